The summed E-state index contributed by atoms with van der Waals surface area (Å²) in [5, 5.41) is 12.8. The maximum absolute atomic E-state index is 12.0. The number of amides is 1. The lowest BCUT2D eigenvalue weighted by atomic mass is 10.0. The standard InChI is InChI=1S/C17H22N2O3/c1-10(2)15(17(21)22)19-14(20)8-7-12-9-18-16-11(3)5-4-6-13(12)16/h4-6,9-10,15,18H,7-8H2,1-3H3,(H,19,20)(H,21,22). The molecule has 0 fully saturated rings. The third-order valence-electron chi connectivity index (χ3n) is 3.88. The number of benzene rings is 1. The van der Waals surface area contributed by atoms with Gasteiger partial charge >= 0.3 is 5.97 Å². The first-order chi connectivity index (χ1) is 10.4. The molecule has 0 aliphatic carbocycles. The Bertz CT molecular complexity index is 688. The monoisotopic (exact) mass is 302 g/mol. The Morgan fingerprint density at radius 3 is 2.68 bits per heavy atom. The lowest BCUT2D eigenvalue weighted by Gasteiger charge is -2.17. The first-order valence-electron chi connectivity index (χ1n) is 7.48. The highest BCUT2D eigenvalue weighted by molar-refractivity contribution is 5.87. The summed E-state index contributed by atoms with van der Waals surface area (Å²) < 4.78 is 0. The summed E-state index contributed by atoms with van der Waals surface area (Å²) in [5.74, 6) is -1.37. The van der Waals surface area contributed by atoms with E-state index in [-0.39, 0.29) is 18.2 Å². The molecule has 5 nitrogen and oxygen atoms in total. The lowest BCUT2D eigenvalue weighted by molar-refractivity contribution is -0.143. The molecule has 0 radical (unpaired) electrons. The van der Waals surface area contributed by atoms with Crippen LogP contribution < -0.4 is 5.32 Å². The molecule has 5 heteroatoms. The molecule has 1 aromatic heterocycles. The highest BCUT2D eigenvalue weighted by Crippen LogP contribution is 2.22. The number of H-pyrrole nitrogens is 1. The second-order valence-corrected chi connectivity index (χ2v) is 5.94. The Labute approximate surface area is 129 Å². The summed E-state index contributed by atoms with van der Waals surface area (Å²) >= 11 is 0. The first-order valence-corrected chi connectivity index (χ1v) is 7.48. The van der Waals surface area contributed by atoms with Gasteiger partial charge in [-0.05, 0) is 30.4 Å². The van der Waals surface area contributed by atoms with Crippen LogP contribution in [0, 0.1) is 12.8 Å². The lowest BCUT2D eigenvalue weighted by Crippen LogP contribution is -2.44. The molecule has 2 rings (SSSR count). The van der Waals surface area contributed by atoms with Gasteiger partial charge in [0.25, 0.3) is 0 Å². The number of nitrogens with one attached hydrogen (secondary N) is 2. The normalized spacial score (nSPS) is 12.5. The zero-order valence-corrected chi connectivity index (χ0v) is 13.1. The van der Waals surface area contributed by atoms with Gasteiger partial charge in [-0.1, -0.05) is 32.0 Å². The van der Waals surface area contributed by atoms with Gasteiger partial charge in [-0.15, -0.1) is 0 Å². The van der Waals surface area contributed by atoms with Crippen LogP contribution in [0.15, 0.2) is 24.4 Å². The number of carboxylic acid groups (broad SMARTS) is 1. The minimum Gasteiger partial charge on any atom is -0.480 e. The van der Waals surface area contributed by atoms with Gasteiger partial charge in [-0.2, -0.15) is 0 Å². The number of aromatic nitrogens is 1. The smallest absolute Gasteiger partial charge is 0.326 e. The fourth-order valence-electron chi connectivity index (χ4n) is 2.58. The number of hydrogen-bond donors (Lipinski definition) is 3. The fourth-order valence-corrected chi connectivity index (χ4v) is 2.58. The second-order valence-electron chi connectivity index (χ2n) is 5.94. The summed E-state index contributed by atoms with van der Waals surface area (Å²) in [6.45, 7) is 5.60. The van der Waals surface area contributed by atoms with E-state index in [1.54, 1.807) is 13.8 Å². The van der Waals surface area contributed by atoms with Crippen LogP contribution in [0.4, 0.5) is 0 Å². The van der Waals surface area contributed by atoms with Gasteiger partial charge in [0.2, 0.25) is 5.91 Å². The number of fused-ring (bicyclic) bond motifs is 1. The average Bonchev–Trinajstić information content (AvgIpc) is 2.86. The summed E-state index contributed by atoms with van der Waals surface area (Å²) in [4.78, 5) is 26.3. The Morgan fingerprint density at radius 2 is 2.05 bits per heavy atom. The maximum atomic E-state index is 12.0. The van der Waals surface area contributed by atoms with E-state index in [1.807, 2.05) is 31.3 Å². The Kier molecular flexibility index (Phi) is 4.85. The molecular formula is C17H22N2O3. The van der Waals surface area contributed by atoms with E-state index in [0.717, 1.165) is 16.5 Å². The Morgan fingerprint density at radius 1 is 1.32 bits per heavy atom. The van der Waals surface area contributed by atoms with E-state index in [0.29, 0.717) is 6.42 Å². The van der Waals surface area contributed by atoms with Crippen LogP contribution in [0.1, 0.15) is 31.4 Å². The quantitative estimate of drug-likeness (QED) is 0.767. The second kappa shape index (κ2) is 6.64. The van der Waals surface area contributed by atoms with Crippen molar-refractivity contribution in [3.63, 3.8) is 0 Å². The van der Waals surface area contributed by atoms with Crippen molar-refractivity contribution in [2.45, 2.75) is 39.7 Å². The van der Waals surface area contributed by atoms with E-state index in [4.69, 9.17) is 5.11 Å². The molecule has 3 N–H and O–H groups in total. The zero-order valence-electron chi connectivity index (χ0n) is 13.1. The van der Waals surface area contributed by atoms with Gasteiger partial charge in [-0.25, -0.2) is 4.79 Å². The van der Waals surface area contributed by atoms with Gasteiger partial charge in [0.05, 0.1) is 0 Å². The van der Waals surface area contributed by atoms with Crippen molar-refractivity contribution in [3.8, 4) is 0 Å². The van der Waals surface area contributed by atoms with E-state index >= 15 is 0 Å². The molecule has 0 aliphatic heterocycles. The molecule has 0 bridgehead atoms. The number of aromatic amines is 1. The number of carbonyl (C=O) groups is 2. The van der Waals surface area contributed by atoms with Crippen LogP contribution in [-0.2, 0) is 16.0 Å². The minimum atomic E-state index is -0.994. The van der Waals surface area contributed by atoms with E-state index in [9.17, 15) is 9.59 Å². The van der Waals surface area contributed by atoms with Crippen LogP contribution in [0.25, 0.3) is 10.9 Å². The fraction of sp³-hybridized carbons (Fsp3) is 0.412. The van der Waals surface area contributed by atoms with Crippen molar-refractivity contribution in [2.24, 2.45) is 5.92 Å². The SMILES string of the molecule is Cc1cccc2c(CCC(=O)NC(C(=O)O)C(C)C)c[nH]c12. The summed E-state index contributed by atoms with van der Waals surface area (Å²) in [6.07, 6.45) is 2.78. The molecule has 0 saturated carbocycles. The maximum Gasteiger partial charge on any atom is 0.326 e. The zero-order chi connectivity index (χ0) is 16.3. The van der Waals surface area contributed by atoms with Gasteiger partial charge < -0.3 is 15.4 Å². The summed E-state index contributed by atoms with van der Waals surface area (Å²) in [6, 6.07) is 5.22. The number of carbonyl (C=O) groups excluding carboxylic acids is 1. The number of hydrogen-bond acceptors (Lipinski definition) is 2. The largest absolute Gasteiger partial charge is 0.480 e. The highest BCUT2D eigenvalue weighted by Gasteiger charge is 2.23. The van der Waals surface area contributed by atoms with Crippen molar-refractivity contribution in [2.75, 3.05) is 0 Å². The predicted molar refractivity (Wildman–Crippen MR) is 85.8 cm³/mol. The molecular weight excluding hydrogens is 280 g/mol. The van der Waals surface area contributed by atoms with Crippen LogP contribution in [0.3, 0.4) is 0 Å². The Hall–Kier alpha value is -2.30. The summed E-state index contributed by atoms with van der Waals surface area (Å²) in [5.41, 5.74) is 3.33. The van der Waals surface area contributed by atoms with Crippen molar-refractivity contribution in [1.29, 1.82) is 0 Å². The number of carboxylic acids is 1. The molecule has 22 heavy (non-hydrogen) atoms. The van der Waals surface area contributed by atoms with Gasteiger partial charge in [-0.3, -0.25) is 4.79 Å². The molecule has 0 saturated heterocycles. The van der Waals surface area contributed by atoms with Crippen LogP contribution in [-0.4, -0.2) is 28.0 Å². The molecule has 0 spiro atoms. The molecule has 1 atom stereocenters. The number of para-hydroxylation sites is 1. The average molecular weight is 302 g/mol. The van der Waals surface area contributed by atoms with Gasteiger partial charge in [0.15, 0.2) is 0 Å². The van der Waals surface area contributed by atoms with Gasteiger partial charge in [0.1, 0.15) is 6.04 Å². The van der Waals surface area contributed by atoms with Crippen molar-refractivity contribution < 1.29 is 14.7 Å². The first kappa shape index (κ1) is 16.1. The van der Waals surface area contributed by atoms with Gasteiger partial charge in [0, 0.05) is 23.5 Å². The van der Waals surface area contributed by atoms with Crippen LogP contribution >= 0.6 is 0 Å². The van der Waals surface area contributed by atoms with Crippen molar-refractivity contribution in [3.05, 3.63) is 35.5 Å². The Balaban J connectivity index is 2.01. The van der Waals surface area contributed by atoms with Crippen molar-refractivity contribution >= 4 is 22.8 Å². The van der Waals surface area contributed by atoms with Crippen LogP contribution in [0.2, 0.25) is 0 Å². The molecule has 1 aromatic carbocycles. The number of aliphatic carboxylic acids is 1. The molecule has 1 heterocycles. The molecule has 0 aliphatic rings. The summed E-state index contributed by atoms with van der Waals surface area (Å²) in [7, 11) is 0. The van der Waals surface area contributed by atoms with E-state index < -0.39 is 12.0 Å². The molecule has 1 unspecified atom stereocenters. The molecule has 2 aromatic rings. The van der Waals surface area contributed by atoms with E-state index in [1.165, 1.54) is 5.56 Å². The minimum absolute atomic E-state index is 0.141. The molecule has 118 valence electrons. The number of rotatable bonds is 6. The van der Waals surface area contributed by atoms with Crippen LogP contribution in [0.5, 0.6) is 0 Å². The van der Waals surface area contributed by atoms with E-state index in [2.05, 4.69) is 10.3 Å². The topological polar surface area (TPSA) is 82.2 Å². The number of aryl methyl sites for hydroxylation is 2. The highest BCUT2D eigenvalue weighted by atomic mass is 16.4. The molecule has 1 amide bonds. The van der Waals surface area contributed by atoms with Crippen molar-refractivity contribution in [1.82, 2.24) is 10.3 Å². The third-order valence-corrected chi connectivity index (χ3v) is 3.88. The third kappa shape index (κ3) is 3.47. The predicted octanol–water partition coefficient (Wildman–Crippen LogP) is 2.63.